The Hall–Kier alpha value is -1.37. The summed E-state index contributed by atoms with van der Waals surface area (Å²) < 4.78 is 0. The SMILES string of the molecule is CCc1nc2c(C)c(C)ccc2cc1C. The lowest BCUT2D eigenvalue weighted by Crippen LogP contribution is -1.95. The second kappa shape index (κ2) is 3.65. The lowest BCUT2D eigenvalue weighted by molar-refractivity contribution is 1.03. The molecule has 0 N–H and O–H groups in total. The number of nitrogens with zero attached hydrogens (tertiary/aromatic N) is 1. The number of rotatable bonds is 1. The minimum absolute atomic E-state index is 1.01. The van der Waals surface area contributed by atoms with Crippen LogP contribution in [0.5, 0.6) is 0 Å². The van der Waals surface area contributed by atoms with Crippen LogP contribution in [0.1, 0.15) is 29.3 Å². The van der Waals surface area contributed by atoms with Crippen LogP contribution in [0.3, 0.4) is 0 Å². The molecule has 1 aromatic heterocycles. The van der Waals surface area contributed by atoms with Crippen molar-refractivity contribution in [3.8, 4) is 0 Å². The highest BCUT2D eigenvalue weighted by atomic mass is 14.7. The number of hydrogen-bond acceptors (Lipinski definition) is 1. The first-order chi connectivity index (χ1) is 7.13. The molecule has 0 amide bonds. The van der Waals surface area contributed by atoms with E-state index in [-0.39, 0.29) is 0 Å². The molecule has 1 aromatic carbocycles. The molecule has 0 radical (unpaired) electrons. The monoisotopic (exact) mass is 199 g/mol. The van der Waals surface area contributed by atoms with Crippen molar-refractivity contribution in [1.29, 1.82) is 0 Å². The van der Waals surface area contributed by atoms with E-state index in [1.165, 1.54) is 27.8 Å². The predicted octanol–water partition coefficient (Wildman–Crippen LogP) is 3.72. The van der Waals surface area contributed by atoms with E-state index in [4.69, 9.17) is 4.98 Å². The standard InChI is InChI=1S/C14H17N/c1-5-13-10(3)8-12-7-6-9(2)11(4)14(12)15-13/h6-8H,5H2,1-4H3. The third kappa shape index (κ3) is 1.63. The second-order valence-electron chi connectivity index (χ2n) is 4.18. The zero-order valence-corrected chi connectivity index (χ0v) is 9.89. The molecular weight excluding hydrogens is 182 g/mol. The summed E-state index contributed by atoms with van der Waals surface area (Å²) in [5.74, 6) is 0. The summed E-state index contributed by atoms with van der Waals surface area (Å²) in [6, 6.07) is 6.58. The summed E-state index contributed by atoms with van der Waals surface area (Å²) in [5.41, 5.74) is 6.31. The summed E-state index contributed by atoms with van der Waals surface area (Å²) in [5, 5.41) is 1.26. The normalized spacial score (nSPS) is 10.9. The van der Waals surface area contributed by atoms with Gasteiger partial charge in [0.2, 0.25) is 0 Å². The van der Waals surface area contributed by atoms with E-state index in [2.05, 4.69) is 45.9 Å². The van der Waals surface area contributed by atoms with Crippen LogP contribution < -0.4 is 0 Å². The van der Waals surface area contributed by atoms with E-state index in [0.717, 1.165) is 11.9 Å². The van der Waals surface area contributed by atoms with E-state index in [0.29, 0.717) is 0 Å². The molecule has 0 aliphatic carbocycles. The summed E-state index contributed by atoms with van der Waals surface area (Å²) in [6.45, 7) is 8.59. The van der Waals surface area contributed by atoms with Crippen LogP contribution in [-0.2, 0) is 6.42 Å². The van der Waals surface area contributed by atoms with E-state index in [9.17, 15) is 0 Å². The number of fused-ring (bicyclic) bond motifs is 1. The molecule has 2 rings (SSSR count). The Morgan fingerprint density at radius 3 is 2.47 bits per heavy atom. The fourth-order valence-electron chi connectivity index (χ4n) is 1.98. The fraction of sp³-hybridized carbons (Fsp3) is 0.357. The quantitative estimate of drug-likeness (QED) is 0.682. The minimum Gasteiger partial charge on any atom is -0.252 e. The Morgan fingerprint density at radius 1 is 1.07 bits per heavy atom. The van der Waals surface area contributed by atoms with Crippen LogP contribution >= 0.6 is 0 Å². The molecule has 1 nitrogen and oxygen atoms in total. The molecular formula is C14H17N. The van der Waals surface area contributed by atoms with Crippen molar-refractivity contribution in [3.05, 3.63) is 40.6 Å². The second-order valence-corrected chi connectivity index (χ2v) is 4.18. The van der Waals surface area contributed by atoms with Gasteiger partial charge in [0.05, 0.1) is 5.52 Å². The topological polar surface area (TPSA) is 12.9 Å². The van der Waals surface area contributed by atoms with E-state index >= 15 is 0 Å². The smallest absolute Gasteiger partial charge is 0.0737 e. The fourth-order valence-corrected chi connectivity index (χ4v) is 1.98. The van der Waals surface area contributed by atoms with Gasteiger partial charge in [-0.2, -0.15) is 0 Å². The van der Waals surface area contributed by atoms with Gasteiger partial charge in [-0.05, 0) is 49.9 Å². The van der Waals surface area contributed by atoms with E-state index in [1.54, 1.807) is 0 Å². The molecule has 0 fully saturated rings. The van der Waals surface area contributed by atoms with E-state index < -0.39 is 0 Å². The molecule has 0 aliphatic heterocycles. The van der Waals surface area contributed by atoms with Gasteiger partial charge in [0.1, 0.15) is 0 Å². The van der Waals surface area contributed by atoms with Gasteiger partial charge in [-0.25, -0.2) is 0 Å². The average Bonchev–Trinajstić information content (AvgIpc) is 2.23. The largest absolute Gasteiger partial charge is 0.252 e. The molecule has 0 aliphatic rings. The first-order valence-corrected chi connectivity index (χ1v) is 5.50. The van der Waals surface area contributed by atoms with Gasteiger partial charge >= 0.3 is 0 Å². The zero-order chi connectivity index (χ0) is 11.0. The Kier molecular flexibility index (Phi) is 2.47. The lowest BCUT2D eigenvalue weighted by atomic mass is 10.0. The highest BCUT2D eigenvalue weighted by Crippen LogP contribution is 2.22. The van der Waals surface area contributed by atoms with Crippen LogP contribution in [0.4, 0.5) is 0 Å². The molecule has 2 aromatic rings. The van der Waals surface area contributed by atoms with Gasteiger partial charge in [-0.1, -0.05) is 19.1 Å². The maximum atomic E-state index is 4.75. The van der Waals surface area contributed by atoms with Gasteiger partial charge in [0.25, 0.3) is 0 Å². The molecule has 78 valence electrons. The van der Waals surface area contributed by atoms with Gasteiger partial charge < -0.3 is 0 Å². The molecule has 0 bridgehead atoms. The van der Waals surface area contributed by atoms with Crippen molar-refractivity contribution in [2.75, 3.05) is 0 Å². The molecule has 0 saturated carbocycles. The predicted molar refractivity (Wildman–Crippen MR) is 65.3 cm³/mol. The molecule has 1 heterocycles. The Bertz CT molecular complexity index is 512. The zero-order valence-electron chi connectivity index (χ0n) is 9.89. The van der Waals surface area contributed by atoms with Crippen LogP contribution in [0.15, 0.2) is 18.2 Å². The molecule has 0 saturated heterocycles. The van der Waals surface area contributed by atoms with Crippen LogP contribution in [-0.4, -0.2) is 4.98 Å². The van der Waals surface area contributed by atoms with Crippen molar-refractivity contribution in [3.63, 3.8) is 0 Å². The van der Waals surface area contributed by atoms with Gasteiger partial charge in [0.15, 0.2) is 0 Å². The number of pyridine rings is 1. The van der Waals surface area contributed by atoms with Gasteiger partial charge in [-0.3, -0.25) is 4.98 Å². The van der Waals surface area contributed by atoms with Crippen molar-refractivity contribution in [2.45, 2.75) is 34.1 Å². The average molecular weight is 199 g/mol. The third-order valence-electron chi connectivity index (χ3n) is 3.14. The maximum absolute atomic E-state index is 4.75. The van der Waals surface area contributed by atoms with Crippen molar-refractivity contribution >= 4 is 10.9 Å². The molecule has 0 unspecified atom stereocenters. The minimum atomic E-state index is 1.01. The lowest BCUT2D eigenvalue weighted by Gasteiger charge is -2.09. The molecule has 0 spiro atoms. The number of hydrogen-bond donors (Lipinski definition) is 0. The number of benzene rings is 1. The summed E-state index contributed by atoms with van der Waals surface area (Å²) >= 11 is 0. The molecule has 1 heteroatoms. The highest BCUT2D eigenvalue weighted by molar-refractivity contribution is 5.83. The summed E-state index contributed by atoms with van der Waals surface area (Å²) in [6.07, 6.45) is 1.01. The maximum Gasteiger partial charge on any atom is 0.0737 e. The number of aromatic nitrogens is 1. The Morgan fingerprint density at radius 2 is 1.80 bits per heavy atom. The first-order valence-electron chi connectivity index (χ1n) is 5.50. The van der Waals surface area contributed by atoms with Gasteiger partial charge in [-0.15, -0.1) is 0 Å². The van der Waals surface area contributed by atoms with Crippen molar-refractivity contribution in [2.24, 2.45) is 0 Å². The van der Waals surface area contributed by atoms with Crippen molar-refractivity contribution < 1.29 is 0 Å². The molecule has 0 atom stereocenters. The Labute approximate surface area is 91.2 Å². The van der Waals surface area contributed by atoms with Gasteiger partial charge in [0, 0.05) is 11.1 Å². The number of aryl methyl sites for hydroxylation is 4. The van der Waals surface area contributed by atoms with Crippen LogP contribution in [0.25, 0.3) is 10.9 Å². The van der Waals surface area contributed by atoms with E-state index in [1.807, 2.05) is 0 Å². The summed E-state index contributed by atoms with van der Waals surface area (Å²) in [7, 11) is 0. The van der Waals surface area contributed by atoms with Crippen LogP contribution in [0, 0.1) is 20.8 Å². The first kappa shape index (κ1) is 10.2. The summed E-state index contributed by atoms with van der Waals surface area (Å²) in [4.78, 5) is 4.75. The molecule has 15 heavy (non-hydrogen) atoms. The third-order valence-corrected chi connectivity index (χ3v) is 3.14. The Balaban J connectivity index is 2.82. The van der Waals surface area contributed by atoms with Crippen molar-refractivity contribution in [1.82, 2.24) is 4.98 Å². The highest BCUT2D eigenvalue weighted by Gasteiger charge is 2.05. The van der Waals surface area contributed by atoms with Crippen LogP contribution in [0.2, 0.25) is 0 Å².